The van der Waals surface area contributed by atoms with Gasteiger partial charge in [-0.1, -0.05) is 37.1 Å². The quantitative estimate of drug-likeness (QED) is 0.844. The summed E-state index contributed by atoms with van der Waals surface area (Å²) in [6.45, 7) is 2.37. The maximum Gasteiger partial charge on any atom is 0.233 e. The number of fused-ring (bicyclic) bond motifs is 2. The molecule has 4 rings (SSSR count). The summed E-state index contributed by atoms with van der Waals surface area (Å²) in [5.74, 6) is -0.374. The Morgan fingerprint density at radius 2 is 1.64 bits per heavy atom. The molecule has 1 aromatic rings. The summed E-state index contributed by atoms with van der Waals surface area (Å²) in [5.41, 5.74) is 2.68. The van der Waals surface area contributed by atoms with Crippen molar-refractivity contribution in [2.24, 2.45) is 11.8 Å². The van der Waals surface area contributed by atoms with Gasteiger partial charge in [0.25, 0.3) is 0 Å². The average molecular weight is 342 g/mol. The van der Waals surface area contributed by atoms with Crippen LogP contribution in [0.4, 0.5) is 0 Å². The van der Waals surface area contributed by atoms with E-state index >= 15 is 0 Å². The van der Waals surface area contributed by atoms with Gasteiger partial charge in [0.05, 0.1) is 24.5 Å². The third kappa shape index (κ3) is 3.23. The van der Waals surface area contributed by atoms with Gasteiger partial charge in [0.1, 0.15) is 0 Å². The van der Waals surface area contributed by atoms with E-state index < -0.39 is 6.10 Å². The maximum absolute atomic E-state index is 12.5. The molecule has 0 unspecified atom stereocenters. The van der Waals surface area contributed by atoms with Gasteiger partial charge in [-0.25, -0.2) is 0 Å². The van der Waals surface area contributed by atoms with Crippen molar-refractivity contribution < 1.29 is 14.7 Å². The van der Waals surface area contributed by atoms with E-state index in [0.29, 0.717) is 6.54 Å². The molecule has 2 heterocycles. The molecule has 3 atom stereocenters. The van der Waals surface area contributed by atoms with Crippen LogP contribution in [0.1, 0.15) is 36.8 Å². The maximum atomic E-state index is 12.5. The normalized spacial score (nSPS) is 28.0. The number of nitrogens with zero attached hydrogens (tertiary/aromatic N) is 2. The summed E-state index contributed by atoms with van der Waals surface area (Å²) in [7, 11) is 0. The summed E-state index contributed by atoms with van der Waals surface area (Å²) in [5, 5.41) is 10.5. The molecule has 3 aliphatic rings. The number of benzene rings is 1. The molecule has 5 nitrogen and oxygen atoms in total. The minimum absolute atomic E-state index is 0.0576. The van der Waals surface area contributed by atoms with E-state index in [-0.39, 0.29) is 30.2 Å². The predicted octanol–water partition coefficient (Wildman–Crippen LogP) is 1.58. The van der Waals surface area contributed by atoms with Crippen molar-refractivity contribution in [1.82, 2.24) is 9.80 Å². The number of aliphatic hydroxyl groups excluding tert-OH is 1. The Morgan fingerprint density at radius 1 is 1.00 bits per heavy atom. The van der Waals surface area contributed by atoms with Crippen LogP contribution in [-0.2, 0) is 22.6 Å². The lowest BCUT2D eigenvalue weighted by Crippen LogP contribution is -2.44. The molecule has 0 bridgehead atoms. The van der Waals surface area contributed by atoms with Crippen LogP contribution in [0.3, 0.4) is 0 Å². The predicted molar refractivity (Wildman–Crippen MR) is 93.6 cm³/mol. The number of hydrogen-bond donors (Lipinski definition) is 1. The Bertz CT molecular complexity index is 651. The Kier molecular flexibility index (Phi) is 4.61. The number of β-amino-alcohol motifs (C(OH)–C–C–N with tert-alkyl or cyclic N) is 1. The molecule has 0 spiro atoms. The Labute approximate surface area is 148 Å². The molecular weight excluding hydrogens is 316 g/mol. The lowest BCUT2D eigenvalue weighted by Gasteiger charge is -2.31. The van der Waals surface area contributed by atoms with Crippen molar-refractivity contribution in [1.29, 1.82) is 0 Å². The molecule has 2 amide bonds. The largest absolute Gasteiger partial charge is 0.390 e. The molecule has 0 radical (unpaired) electrons. The van der Waals surface area contributed by atoms with Crippen molar-refractivity contribution in [2.45, 2.75) is 44.8 Å². The van der Waals surface area contributed by atoms with Gasteiger partial charge in [-0.2, -0.15) is 0 Å². The first-order valence-electron chi connectivity index (χ1n) is 9.46. The van der Waals surface area contributed by atoms with Gasteiger partial charge in [0, 0.05) is 19.6 Å². The second-order valence-electron chi connectivity index (χ2n) is 7.69. The Morgan fingerprint density at radius 3 is 2.32 bits per heavy atom. The van der Waals surface area contributed by atoms with Crippen molar-refractivity contribution in [3.05, 3.63) is 35.4 Å². The molecule has 1 saturated heterocycles. The van der Waals surface area contributed by atoms with Crippen LogP contribution in [0.25, 0.3) is 0 Å². The zero-order chi connectivity index (χ0) is 17.4. The summed E-state index contributed by atoms with van der Waals surface area (Å²) in [6, 6.07) is 8.40. The molecule has 1 aromatic carbocycles. The first-order valence-corrected chi connectivity index (χ1v) is 9.46. The molecule has 134 valence electrons. The van der Waals surface area contributed by atoms with Gasteiger partial charge in [-0.15, -0.1) is 0 Å². The molecule has 5 heteroatoms. The molecule has 1 N–H and O–H groups in total. The number of imide groups is 1. The third-order valence-electron chi connectivity index (χ3n) is 6.00. The fourth-order valence-corrected chi connectivity index (χ4v) is 4.69. The lowest BCUT2D eigenvalue weighted by molar-refractivity contribution is -0.141. The van der Waals surface area contributed by atoms with E-state index in [1.54, 1.807) is 0 Å². The fraction of sp³-hybridized carbons (Fsp3) is 0.600. The highest BCUT2D eigenvalue weighted by molar-refractivity contribution is 6.05. The molecule has 25 heavy (non-hydrogen) atoms. The number of likely N-dealkylation sites (tertiary alicyclic amines) is 1. The van der Waals surface area contributed by atoms with Crippen LogP contribution < -0.4 is 0 Å². The fourth-order valence-electron chi connectivity index (χ4n) is 4.69. The van der Waals surface area contributed by atoms with Crippen LogP contribution in [0.15, 0.2) is 24.3 Å². The molecule has 1 aliphatic carbocycles. The van der Waals surface area contributed by atoms with Gasteiger partial charge in [0.15, 0.2) is 0 Å². The molecule has 2 aliphatic heterocycles. The van der Waals surface area contributed by atoms with E-state index in [0.717, 1.165) is 45.2 Å². The zero-order valence-electron chi connectivity index (χ0n) is 14.6. The summed E-state index contributed by atoms with van der Waals surface area (Å²) in [4.78, 5) is 28.6. The smallest absolute Gasteiger partial charge is 0.233 e. The second-order valence-corrected chi connectivity index (χ2v) is 7.69. The van der Waals surface area contributed by atoms with Crippen LogP contribution in [0.2, 0.25) is 0 Å². The van der Waals surface area contributed by atoms with Crippen LogP contribution in [-0.4, -0.2) is 52.5 Å². The monoisotopic (exact) mass is 342 g/mol. The van der Waals surface area contributed by atoms with Crippen molar-refractivity contribution in [3.8, 4) is 0 Å². The first-order chi connectivity index (χ1) is 12.1. The summed E-state index contributed by atoms with van der Waals surface area (Å²) in [6.07, 6.45) is 4.01. The lowest BCUT2D eigenvalue weighted by atomic mass is 9.81. The number of amides is 2. The van der Waals surface area contributed by atoms with E-state index in [1.807, 2.05) is 6.07 Å². The van der Waals surface area contributed by atoms with Gasteiger partial charge in [-0.3, -0.25) is 19.4 Å². The van der Waals surface area contributed by atoms with Crippen LogP contribution >= 0.6 is 0 Å². The van der Waals surface area contributed by atoms with Gasteiger partial charge < -0.3 is 5.11 Å². The third-order valence-corrected chi connectivity index (χ3v) is 6.00. The van der Waals surface area contributed by atoms with Gasteiger partial charge >= 0.3 is 0 Å². The number of hydrogen-bond acceptors (Lipinski definition) is 4. The number of carbonyl (C=O) groups excluding carboxylic acids is 2. The minimum Gasteiger partial charge on any atom is -0.390 e. The minimum atomic E-state index is -0.682. The van der Waals surface area contributed by atoms with E-state index in [9.17, 15) is 14.7 Å². The van der Waals surface area contributed by atoms with E-state index in [4.69, 9.17) is 0 Å². The summed E-state index contributed by atoms with van der Waals surface area (Å²) < 4.78 is 0. The van der Waals surface area contributed by atoms with Gasteiger partial charge in [0.2, 0.25) is 11.8 Å². The van der Waals surface area contributed by atoms with Crippen LogP contribution in [0.5, 0.6) is 0 Å². The highest BCUT2D eigenvalue weighted by atomic mass is 16.3. The molecule has 1 saturated carbocycles. The number of rotatable bonds is 4. The Hall–Kier alpha value is -1.72. The molecule has 0 aromatic heterocycles. The Balaban J connectivity index is 1.36. The number of aliphatic hydroxyl groups is 1. The molecular formula is C20H26N2O3. The highest BCUT2D eigenvalue weighted by Gasteiger charge is 2.48. The van der Waals surface area contributed by atoms with Crippen molar-refractivity contribution in [3.63, 3.8) is 0 Å². The van der Waals surface area contributed by atoms with E-state index in [1.165, 1.54) is 16.0 Å². The van der Waals surface area contributed by atoms with Crippen LogP contribution in [0, 0.1) is 11.8 Å². The van der Waals surface area contributed by atoms with Crippen molar-refractivity contribution in [2.75, 3.05) is 19.6 Å². The zero-order valence-corrected chi connectivity index (χ0v) is 14.6. The second kappa shape index (κ2) is 6.89. The number of carbonyl (C=O) groups is 2. The average Bonchev–Trinajstić information content (AvgIpc) is 2.87. The van der Waals surface area contributed by atoms with Crippen molar-refractivity contribution >= 4 is 11.8 Å². The highest BCUT2D eigenvalue weighted by Crippen LogP contribution is 2.38. The standard InChI is InChI=1S/C20H26N2O3/c23-16(12-21-10-9-14-5-1-2-6-15(14)11-21)13-22-19(24)17-7-3-4-8-18(17)20(22)25/h1-2,5-6,16-18,23H,3-4,7-13H2/t16-,17-,18+/m1/s1. The van der Waals surface area contributed by atoms with Gasteiger partial charge in [-0.05, 0) is 30.4 Å². The first kappa shape index (κ1) is 16.7. The SMILES string of the molecule is O=C1[C@H]2CCCC[C@H]2C(=O)N1C[C@H](O)CN1CCc2ccccc2C1. The summed E-state index contributed by atoms with van der Waals surface area (Å²) >= 11 is 0. The van der Waals surface area contributed by atoms with E-state index in [2.05, 4.69) is 23.1 Å². The topological polar surface area (TPSA) is 60.9 Å². The molecule has 2 fully saturated rings.